The minimum absolute atomic E-state index is 0.00755. The zero-order valence-electron chi connectivity index (χ0n) is 7.09. The first-order chi connectivity index (χ1) is 5.16. The highest BCUT2D eigenvalue weighted by Crippen LogP contribution is 1.86. The predicted molar refractivity (Wildman–Crippen MR) is 43.4 cm³/mol. The first-order valence-corrected chi connectivity index (χ1v) is 3.85. The minimum Gasteiger partial charge on any atom is -0.314 e. The second kappa shape index (κ2) is 6.04. The Hall–Kier alpha value is -0.700. The number of carbonyl (C=O) groups is 2. The fourth-order valence-corrected chi connectivity index (χ4v) is 0.695. The molecule has 0 spiro atoms. The van der Waals surface area contributed by atoms with Gasteiger partial charge in [-0.3, -0.25) is 4.79 Å². The van der Waals surface area contributed by atoms with Crippen molar-refractivity contribution in [2.75, 3.05) is 6.54 Å². The van der Waals surface area contributed by atoms with E-state index in [1.807, 2.05) is 13.8 Å². The lowest BCUT2D eigenvalue weighted by Crippen LogP contribution is -2.25. The molecule has 0 amide bonds. The van der Waals surface area contributed by atoms with Crippen LogP contribution in [0.3, 0.4) is 0 Å². The smallest absolute Gasteiger partial charge is 0.141 e. The zero-order chi connectivity index (χ0) is 8.69. The van der Waals surface area contributed by atoms with Crippen LogP contribution in [0.25, 0.3) is 0 Å². The van der Waals surface area contributed by atoms with Gasteiger partial charge in [0.05, 0.1) is 6.42 Å². The number of hydrogen-bond acceptors (Lipinski definition) is 3. The van der Waals surface area contributed by atoms with Gasteiger partial charge in [-0.15, -0.1) is 0 Å². The number of ketones is 1. The number of carbonyl (C=O) groups excluding carboxylic acids is 2. The third-order valence-corrected chi connectivity index (χ3v) is 1.27. The Labute approximate surface area is 67.2 Å². The van der Waals surface area contributed by atoms with Crippen molar-refractivity contribution < 1.29 is 9.59 Å². The Morgan fingerprint density at radius 2 is 2.18 bits per heavy atom. The van der Waals surface area contributed by atoms with E-state index in [0.717, 1.165) is 0 Å². The molecule has 0 aliphatic heterocycles. The quantitative estimate of drug-likeness (QED) is 0.452. The van der Waals surface area contributed by atoms with Crippen LogP contribution in [0.1, 0.15) is 26.7 Å². The summed E-state index contributed by atoms with van der Waals surface area (Å²) >= 11 is 0. The Morgan fingerprint density at radius 1 is 1.55 bits per heavy atom. The fourth-order valence-electron chi connectivity index (χ4n) is 0.695. The molecule has 64 valence electrons. The molecule has 0 saturated carbocycles. The molecule has 11 heavy (non-hydrogen) atoms. The van der Waals surface area contributed by atoms with E-state index in [4.69, 9.17) is 0 Å². The summed E-state index contributed by atoms with van der Waals surface area (Å²) in [4.78, 5) is 20.6. The van der Waals surface area contributed by atoms with E-state index in [2.05, 4.69) is 5.32 Å². The van der Waals surface area contributed by atoms with Gasteiger partial charge in [0.1, 0.15) is 12.1 Å². The van der Waals surface area contributed by atoms with Gasteiger partial charge in [0.15, 0.2) is 0 Å². The predicted octanol–water partition coefficient (Wildman–Crippen LogP) is 0.533. The van der Waals surface area contributed by atoms with Gasteiger partial charge < -0.3 is 10.1 Å². The van der Waals surface area contributed by atoms with E-state index < -0.39 is 0 Å². The van der Waals surface area contributed by atoms with Crippen molar-refractivity contribution in [3.63, 3.8) is 0 Å². The van der Waals surface area contributed by atoms with Crippen LogP contribution in [0.15, 0.2) is 0 Å². The van der Waals surface area contributed by atoms with Crippen LogP contribution < -0.4 is 5.32 Å². The van der Waals surface area contributed by atoms with Crippen molar-refractivity contribution in [1.82, 2.24) is 5.32 Å². The number of Topliss-reactive ketones (excluding diaryl/α,β-unsaturated/α-hetero) is 1. The maximum atomic E-state index is 10.8. The van der Waals surface area contributed by atoms with E-state index in [9.17, 15) is 9.59 Å². The summed E-state index contributed by atoms with van der Waals surface area (Å²) in [6, 6.07) is 0.402. The molecule has 0 aromatic heterocycles. The number of aldehydes is 1. The molecule has 0 aromatic rings. The Morgan fingerprint density at radius 3 is 2.64 bits per heavy atom. The standard InChI is InChI=1S/C8H15NO2/c1-7(2)9-5-3-8(11)4-6-10/h6-7,9H,3-5H2,1-2H3. The van der Waals surface area contributed by atoms with E-state index in [1.165, 1.54) is 0 Å². The van der Waals surface area contributed by atoms with Gasteiger partial charge in [-0.05, 0) is 0 Å². The number of nitrogens with one attached hydrogen (secondary N) is 1. The summed E-state index contributed by atoms with van der Waals surface area (Å²) in [6.07, 6.45) is 1.16. The molecule has 0 rings (SSSR count). The molecular formula is C8H15NO2. The van der Waals surface area contributed by atoms with Crippen LogP contribution in [-0.2, 0) is 9.59 Å². The third-order valence-electron chi connectivity index (χ3n) is 1.27. The zero-order valence-corrected chi connectivity index (χ0v) is 7.09. The molecule has 3 heteroatoms. The van der Waals surface area contributed by atoms with Crippen molar-refractivity contribution in [1.29, 1.82) is 0 Å². The van der Waals surface area contributed by atoms with Gasteiger partial charge in [-0.1, -0.05) is 13.8 Å². The average Bonchev–Trinajstić information content (AvgIpc) is 1.87. The Bertz CT molecular complexity index is 132. The molecule has 3 nitrogen and oxygen atoms in total. The van der Waals surface area contributed by atoms with Gasteiger partial charge >= 0.3 is 0 Å². The molecule has 1 N–H and O–H groups in total. The lowest BCUT2D eigenvalue weighted by Gasteiger charge is -2.05. The highest BCUT2D eigenvalue weighted by Gasteiger charge is 1.99. The molecule has 0 aliphatic carbocycles. The maximum absolute atomic E-state index is 10.8. The van der Waals surface area contributed by atoms with Gasteiger partial charge in [-0.2, -0.15) is 0 Å². The van der Waals surface area contributed by atoms with Gasteiger partial charge in [0.2, 0.25) is 0 Å². The lowest BCUT2D eigenvalue weighted by atomic mass is 10.2. The number of hydrogen-bond donors (Lipinski definition) is 1. The average molecular weight is 157 g/mol. The van der Waals surface area contributed by atoms with Crippen molar-refractivity contribution in [3.05, 3.63) is 0 Å². The second-order valence-corrected chi connectivity index (χ2v) is 2.77. The largest absolute Gasteiger partial charge is 0.314 e. The molecule has 0 fully saturated rings. The molecular weight excluding hydrogens is 142 g/mol. The Balaban J connectivity index is 3.24. The normalized spacial score (nSPS) is 10.1. The van der Waals surface area contributed by atoms with Crippen LogP contribution in [0.5, 0.6) is 0 Å². The SMILES string of the molecule is CC(C)NCCC(=O)CC=O. The molecule has 0 atom stereocenters. The molecule has 0 bridgehead atoms. The summed E-state index contributed by atoms with van der Waals surface area (Å²) in [6.45, 7) is 4.71. The summed E-state index contributed by atoms with van der Waals surface area (Å²) in [5.74, 6) is 0.00755. The third kappa shape index (κ3) is 7.19. The topological polar surface area (TPSA) is 46.2 Å². The van der Waals surface area contributed by atoms with Crippen molar-refractivity contribution >= 4 is 12.1 Å². The van der Waals surface area contributed by atoms with Crippen molar-refractivity contribution in [3.8, 4) is 0 Å². The van der Waals surface area contributed by atoms with Crippen molar-refractivity contribution in [2.24, 2.45) is 0 Å². The van der Waals surface area contributed by atoms with Crippen LogP contribution in [0.4, 0.5) is 0 Å². The van der Waals surface area contributed by atoms with Crippen LogP contribution in [0, 0.1) is 0 Å². The maximum Gasteiger partial charge on any atom is 0.141 e. The molecule has 0 unspecified atom stereocenters. The molecule has 0 saturated heterocycles. The number of rotatable bonds is 6. The molecule has 0 heterocycles. The summed E-state index contributed by atoms with van der Waals surface area (Å²) < 4.78 is 0. The highest BCUT2D eigenvalue weighted by atomic mass is 16.1. The van der Waals surface area contributed by atoms with E-state index in [0.29, 0.717) is 25.3 Å². The summed E-state index contributed by atoms with van der Waals surface area (Å²) in [7, 11) is 0. The van der Waals surface area contributed by atoms with Crippen LogP contribution in [-0.4, -0.2) is 24.7 Å². The minimum atomic E-state index is 0.00755. The Kier molecular flexibility index (Phi) is 5.65. The molecule has 0 aromatic carbocycles. The highest BCUT2D eigenvalue weighted by molar-refractivity contribution is 5.89. The van der Waals surface area contributed by atoms with E-state index >= 15 is 0 Å². The van der Waals surface area contributed by atoms with Gasteiger partial charge in [-0.25, -0.2) is 0 Å². The van der Waals surface area contributed by atoms with E-state index in [1.54, 1.807) is 0 Å². The summed E-state index contributed by atoms with van der Waals surface area (Å²) in [5, 5.41) is 3.10. The monoisotopic (exact) mass is 157 g/mol. The van der Waals surface area contributed by atoms with Gasteiger partial charge in [0.25, 0.3) is 0 Å². The first kappa shape index (κ1) is 10.3. The molecule has 0 aliphatic rings. The van der Waals surface area contributed by atoms with Crippen molar-refractivity contribution in [2.45, 2.75) is 32.7 Å². The van der Waals surface area contributed by atoms with E-state index in [-0.39, 0.29) is 12.2 Å². The van der Waals surface area contributed by atoms with Gasteiger partial charge in [0, 0.05) is 19.0 Å². The lowest BCUT2D eigenvalue weighted by molar-refractivity contribution is -0.122. The molecule has 0 radical (unpaired) electrons. The fraction of sp³-hybridized carbons (Fsp3) is 0.750. The first-order valence-electron chi connectivity index (χ1n) is 3.85. The van der Waals surface area contributed by atoms with Crippen LogP contribution in [0.2, 0.25) is 0 Å². The summed E-state index contributed by atoms with van der Waals surface area (Å²) in [5.41, 5.74) is 0. The van der Waals surface area contributed by atoms with Crippen LogP contribution >= 0.6 is 0 Å². The second-order valence-electron chi connectivity index (χ2n) is 2.77.